The van der Waals surface area contributed by atoms with E-state index in [1.165, 1.54) is 0 Å². The molecule has 0 spiro atoms. The molecule has 7 nitrogen and oxygen atoms in total. The van der Waals surface area contributed by atoms with E-state index in [4.69, 9.17) is 5.73 Å². The molecule has 0 saturated heterocycles. The van der Waals surface area contributed by atoms with Crippen molar-refractivity contribution >= 4 is 34.8 Å². The van der Waals surface area contributed by atoms with Crippen molar-refractivity contribution in [1.29, 1.82) is 0 Å². The fourth-order valence-corrected chi connectivity index (χ4v) is 4.32. The van der Waals surface area contributed by atoms with Crippen LogP contribution in [0, 0.1) is 6.92 Å². The monoisotopic (exact) mass is 407 g/mol. The van der Waals surface area contributed by atoms with Crippen LogP contribution in [0.15, 0.2) is 18.2 Å². The number of carbonyl (C=O) groups excluding carboxylic acids is 2. The maximum Gasteiger partial charge on any atom is 0.256 e. The Hall–Kier alpha value is -3.06. The number of nitrogens with zero attached hydrogens (tertiary/aromatic N) is 2. The Labute approximate surface area is 176 Å². The van der Waals surface area contributed by atoms with Gasteiger partial charge in [0.05, 0.1) is 11.1 Å². The van der Waals surface area contributed by atoms with Crippen molar-refractivity contribution in [3.8, 4) is 0 Å². The van der Waals surface area contributed by atoms with Gasteiger partial charge in [-0.05, 0) is 49.9 Å². The SMILES string of the molecule is CCN(CC)CCN1CCc2[nH]c(/C=C3\C(=O)Nc4ccc(N)cc43)c(C)c2C1=O. The van der Waals surface area contributed by atoms with E-state index in [9.17, 15) is 9.59 Å². The fraction of sp³-hybridized carbons (Fsp3) is 0.391. The highest BCUT2D eigenvalue weighted by Gasteiger charge is 2.30. The van der Waals surface area contributed by atoms with Gasteiger partial charge < -0.3 is 25.8 Å². The van der Waals surface area contributed by atoms with Crippen molar-refractivity contribution in [1.82, 2.24) is 14.8 Å². The van der Waals surface area contributed by atoms with E-state index in [0.29, 0.717) is 17.8 Å². The van der Waals surface area contributed by atoms with Crippen LogP contribution in [0.2, 0.25) is 0 Å². The average molecular weight is 408 g/mol. The van der Waals surface area contributed by atoms with Gasteiger partial charge in [0.25, 0.3) is 11.8 Å². The molecular weight excluding hydrogens is 378 g/mol. The molecule has 0 fully saturated rings. The van der Waals surface area contributed by atoms with E-state index in [0.717, 1.165) is 66.4 Å². The van der Waals surface area contributed by atoms with Gasteiger partial charge in [-0.3, -0.25) is 9.59 Å². The molecule has 0 unspecified atom stereocenters. The number of rotatable bonds is 6. The van der Waals surface area contributed by atoms with Crippen LogP contribution >= 0.6 is 0 Å². The molecule has 1 aromatic carbocycles. The third-order valence-electron chi connectivity index (χ3n) is 6.20. The summed E-state index contributed by atoms with van der Waals surface area (Å²) < 4.78 is 0. The normalized spacial score (nSPS) is 16.9. The predicted molar refractivity (Wildman–Crippen MR) is 120 cm³/mol. The van der Waals surface area contributed by atoms with E-state index in [1.807, 2.05) is 24.0 Å². The van der Waals surface area contributed by atoms with Crippen LogP contribution in [0.3, 0.4) is 0 Å². The van der Waals surface area contributed by atoms with Gasteiger partial charge in [0, 0.05) is 54.4 Å². The Morgan fingerprint density at radius 2 is 2.00 bits per heavy atom. The summed E-state index contributed by atoms with van der Waals surface area (Å²) in [4.78, 5) is 33.3. The first kappa shape index (κ1) is 20.2. The number of nitrogens with two attached hydrogens (primary N) is 1. The number of hydrogen-bond acceptors (Lipinski definition) is 4. The zero-order chi connectivity index (χ0) is 21.4. The van der Waals surface area contributed by atoms with Gasteiger partial charge in [-0.1, -0.05) is 13.8 Å². The molecule has 2 aliphatic heterocycles. The number of aromatic amines is 1. The number of likely N-dealkylation sites (N-methyl/N-ethyl adjacent to an activating group) is 1. The number of carbonyl (C=O) groups is 2. The zero-order valence-corrected chi connectivity index (χ0v) is 17.8. The van der Waals surface area contributed by atoms with Crippen LogP contribution in [0.25, 0.3) is 11.6 Å². The molecule has 3 heterocycles. The molecule has 2 aliphatic rings. The van der Waals surface area contributed by atoms with Crippen LogP contribution < -0.4 is 11.1 Å². The molecule has 1 aromatic heterocycles. The summed E-state index contributed by atoms with van der Waals surface area (Å²) in [6, 6.07) is 5.39. The van der Waals surface area contributed by atoms with Gasteiger partial charge in [-0.25, -0.2) is 0 Å². The first-order valence-corrected chi connectivity index (χ1v) is 10.6. The van der Waals surface area contributed by atoms with Gasteiger partial charge in [0.1, 0.15) is 0 Å². The highest BCUT2D eigenvalue weighted by Crippen LogP contribution is 2.35. The van der Waals surface area contributed by atoms with Gasteiger partial charge >= 0.3 is 0 Å². The number of hydrogen-bond donors (Lipinski definition) is 3. The minimum Gasteiger partial charge on any atom is -0.399 e. The van der Waals surface area contributed by atoms with Crippen molar-refractivity contribution in [2.24, 2.45) is 0 Å². The average Bonchev–Trinajstić information content (AvgIpc) is 3.21. The van der Waals surface area contributed by atoms with Crippen LogP contribution in [0.5, 0.6) is 0 Å². The summed E-state index contributed by atoms with van der Waals surface area (Å²) in [6.07, 6.45) is 2.63. The third-order valence-corrected chi connectivity index (χ3v) is 6.20. The number of aromatic nitrogens is 1. The Kier molecular flexibility index (Phi) is 5.39. The maximum absolute atomic E-state index is 13.2. The van der Waals surface area contributed by atoms with Gasteiger partial charge in [0.2, 0.25) is 0 Å². The van der Waals surface area contributed by atoms with Gasteiger partial charge in [-0.2, -0.15) is 0 Å². The summed E-state index contributed by atoms with van der Waals surface area (Å²) in [6.45, 7) is 10.5. The van der Waals surface area contributed by atoms with E-state index in [-0.39, 0.29) is 11.8 Å². The van der Waals surface area contributed by atoms with Gasteiger partial charge in [0.15, 0.2) is 0 Å². The molecule has 0 radical (unpaired) electrons. The van der Waals surface area contributed by atoms with Crippen molar-refractivity contribution in [3.05, 3.63) is 46.3 Å². The van der Waals surface area contributed by atoms with Crippen molar-refractivity contribution in [2.45, 2.75) is 27.2 Å². The molecule has 30 heavy (non-hydrogen) atoms. The quantitative estimate of drug-likeness (QED) is 0.507. The van der Waals surface area contributed by atoms with E-state index in [1.54, 1.807) is 12.1 Å². The molecule has 0 atom stereocenters. The zero-order valence-electron chi connectivity index (χ0n) is 17.8. The second-order valence-corrected chi connectivity index (χ2v) is 7.90. The van der Waals surface area contributed by atoms with Crippen molar-refractivity contribution in [3.63, 3.8) is 0 Å². The number of benzene rings is 1. The molecule has 0 bridgehead atoms. The number of anilines is 2. The minimum atomic E-state index is -0.158. The predicted octanol–water partition coefficient (Wildman–Crippen LogP) is 2.74. The molecule has 0 saturated carbocycles. The Morgan fingerprint density at radius 3 is 2.73 bits per heavy atom. The second kappa shape index (κ2) is 7.99. The Morgan fingerprint density at radius 1 is 1.23 bits per heavy atom. The summed E-state index contributed by atoms with van der Waals surface area (Å²) in [5.74, 6) is -0.0860. The molecule has 2 aromatic rings. The highest BCUT2D eigenvalue weighted by molar-refractivity contribution is 6.35. The Balaban J connectivity index is 1.62. The van der Waals surface area contributed by atoms with E-state index >= 15 is 0 Å². The molecule has 4 rings (SSSR count). The molecule has 7 heteroatoms. The lowest BCUT2D eigenvalue weighted by molar-refractivity contribution is -0.110. The summed E-state index contributed by atoms with van der Waals surface area (Å²) in [5.41, 5.74) is 12.0. The Bertz CT molecular complexity index is 1030. The lowest BCUT2D eigenvalue weighted by Crippen LogP contribution is -2.42. The minimum absolute atomic E-state index is 0.0716. The number of amides is 2. The second-order valence-electron chi connectivity index (χ2n) is 7.90. The number of fused-ring (bicyclic) bond motifs is 2. The van der Waals surface area contributed by atoms with E-state index in [2.05, 4.69) is 29.0 Å². The smallest absolute Gasteiger partial charge is 0.256 e. The summed E-state index contributed by atoms with van der Waals surface area (Å²) in [7, 11) is 0. The van der Waals surface area contributed by atoms with Crippen LogP contribution in [-0.2, 0) is 11.2 Å². The summed E-state index contributed by atoms with van der Waals surface area (Å²) >= 11 is 0. The molecule has 158 valence electrons. The topological polar surface area (TPSA) is 94.5 Å². The standard InChI is InChI=1S/C23H29N5O2/c1-4-27(5-2)10-11-28-9-8-19-21(23(28)30)14(3)20(25-19)13-17-16-12-15(24)6-7-18(16)26-22(17)29/h6-7,12-13,25H,4-5,8-11,24H2,1-3H3,(H,26,29)/b17-13-. The van der Waals surface area contributed by atoms with Crippen LogP contribution in [0.4, 0.5) is 11.4 Å². The molecule has 4 N–H and O–H groups in total. The fourth-order valence-electron chi connectivity index (χ4n) is 4.32. The van der Waals surface area contributed by atoms with Crippen LogP contribution in [-0.4, -0.2) is 59.3 Å². The van der Waals surface area contributed by atoms with Crippen molar-refractivity contribution < 1.29 is 9.59 Å². The van der Waals surface area contributed by atoms with E-state index < -0.39 is 0 Å². The number of nitrogens with one attached hydrogen (secondary N) is 2. The maximum atomic E-state index is 13.2. The number of nitrogen functional groups attached to an aromatic ring is 1. The summed E-state index contributed by atoms with van der Waals surface area (Å²) in [5, 5.41) is 2.87. The highest BCUT2D eigenvalue weighted by atomic mass is 16.2. The van der Waals surface area contributed by atoms with Crippen molar-refractivity contribution in [2.75, 3.05) is 43.8 Å². The molecule has 2 amide bonds. The van der Waals surface area contributed by atoms with Crippen LogP contribution in [0.1, 0.15) is 46.7 Å². The first-order chi connectivity index (χ1) is 14.4. The molecule has 0 aliphatic carbocycles. The first-order valence-electron chi connectivity index (χ1n) is 10.6. The van der Waals surface area contributed by atoms with Gasteiger partial charge in [-0.15, -0.1) is 0 Å². The molecular formula is C23H29N5O2. The lowest BCUT2D eigenvalue weighted by Gasteiger charge is -2.29. The number of H-pyrrole nitrogens is 1. The lowest BCUT2D eigenvalue weighted by atomic mass is 10.0. The third kappa shape index (κ3) is 3.50. The largest absolute Gasteiger partial charge is 0.399 e.